The van der Waals surface area contributed by atoms with Gasteiger partial charge in [-0.25, -0.2) is 0 Å². The van der Waals surface area contributed by atoms with Gasteiger partial charge < -0.3 is 21.1 Å². The molecule has 7 nitrogen and oxygen atoms in total. The second-order valence-corrected chi connectivity index (χ2v) is 5.74. The number of hydrogen-bond donors (Lipinski definition) is 5. The fourth-order valence-corrected chi connectivity index (χ4v) is 2.93. The van der Waals surface area contributed by atoms with Crippen molar-refractivity contribution >= 4 is 11.9 Å². The minimum Gasteiger partial charge on any atom is -0.480 e. The number of carboxylic acid groups (broad SMARTS) is 2. The molecule has 1 saturated heterocycles. The lowest BCUT2D eigenvalue weighted by atomic mass is 9.86. The van der Waals surface area contributed by atoms with Gasteiger partial charge in [0.05, 0.1) is 0 Å². The van der Waals surface area contributed by atoms with E-state index in [9.17, 15) is 19.8 Å². The maximum absolute atomic E-state index is 11.7. The van der Waals surface area contributed by atoms with Crippen LogP contribution >= 0.6 is 0 Å². The Morgan fingerprint density at radius 2 is 2.09 bits per heavy atom. The van der Waals surface area contributed by atoms with Gasteiger partial charge in [0, 0.05) is 6.04 Å². The number of aliphatic hydroxyl groups excluding tert-OH is 1. The van der Waals surface area contributed by atoms with E-state index in [0.29, 0.717) is 6.42 Å². The van der Waals surface area contributed by atoms with Crippen LogP contribution in [0.4, 0.5) is 0 Å². The highest BCUT2D eigenvalue weighted by molar-refractivity contribution is 5.83. The summed E-state index contributed by atoms with van der Waals surface area (Å²) in [5.74, 6) is -2.74. The lowest BCUT2D eigenvalue weighted by molar-refractivity contribution is -0.153. The van der Waals surface area contributed by atoms with E-state index in [-0.39, 0.29) is 12.5 Å². The van der Waals surface area contributed by atoms with Crippen molar-refractivity contribution in [3.8, 4) is 0 Å². The van der Waals surface area contributed by atoms with Crippen LogP contribution in [0.25, 0.3) is 0 Å². The maximum Gasteiger partial charge on any atom is 0.326 e. The molecule has 0 aromatic heterocycles. The van der Waals surface area contributed by atoms with Crippen LogP contribution in [0.15, 0.2) is 24.3 Å². The molecule has 0 aliphatic carbocycles. The molecule has 0 radical (unpaired) electrons. The van der Waals surface area contributed by atoms with Crippen LogP contribution < -0.4 is 11.1 Å². The van der Waals surface area contributed by atoms with Crippen molar-refractivity contribution in [2.24, 2.45) is 5.73 Å². The van der Waals surface area contributed by atoms with Gasteiger partial charge in [-0.05, 0) is 25.3 Å². The molecule has 1 aliphatic heterocycles. The number of carbonyl (C=O) groups is 2. The summed E-state index contributed by atoms with van der Waals surface area (Å²) >= 11 is 0. The van der Waals surface area contributed by atoms with E-state index in [2.05, 4.69) is 5.32 Å². The number of aryl methyl sites for hydroxylation is 1. The fourth-order valence-electron chi connectivity index (χ4n) is 2.93. The van der Waals surface area contributed by atoms with Gasteiger partial charge in [0.25, 0.3) is 0 Å². The van der Waals surface area contributed by atoms with Crippen molar-refractivity contribution in [3.05, 3.63) is 35.4 Å². The molecular formula is C15H20N2O5. The van der Waals surface area contributed by atoms with E-state index in [1.54, 1.807) is 0 Å². The van der Waals surface area contributed by atoms with Gasteiger partial charge in [-0.2, -0.15) is 0 Å². The quantitative estimate of drug-likeness (QED) is 0.517. The topological polar surface area (TPSA) is 133 Å². The Balaban J connectivity index is 2.28. The third-order valence-corrected chi connectivity index (χ3v) is 4.22. The molecule has 0 unspecified atom stereocenters. The molecule has 1 aromatic carbocycles. The summed E-state index contributed by atoms with van der Waals surface area (Å²) in [5, 5.41) is 31.5. The first-order valence-electron chi connectivity index (χ1n) is 7.02. The zero-order chi connectivity index (χ0) is 16.5. The van der Waals surface area contributed by atoms with Crippen LogP contribution in [-0.2, 0) is 9.59 Å². The van der Waals surface area contributed by atoms with E-state index >= 15 is 0 Å². The molecule has 4 atom stereocenters. The summed E-state index contributed by atoms with van der Waals surface area (Å²) in [6.45, 7) is 1.93. The standard InChI is InChI=1S/C15H20N2O5/c1-8-3-2-4-9(7-8)10-5-6-15(17-10,14(21)22)12(18)11(16)13(19)20/h2-4,7,10-12,17-18H,5-6,16H2,1H3,(H,19,20)(H,21,22)/t10-,11-,12+,15-/m1/s1. The van der Waals surface area contributed by atoms with Gasteiger partial charge in [0.2, 0.25) is 0 Å². The molecule has 0 spiro atoms. The van der Waals surface area contributed by atoms with Gasteiger partial charge in [0.1, 0.15) is 17.7 Å². The molecule has 22 heavy (non-hydrogen) atoms. The van der Waals surface area contributed by atoms with Crippen molar-refractivity contribution in [3.63, 3.8) is 0 Å². The Bertz CT molecular complexity index is 591. The van der Waals surface area contributed by atoms with Crippen LogP contribution in [0, 0.1) is 6.92 Å². The SMILES string of the molecule is Cc1cccc([C@H]2CC[C@](C(=O)O)([C@@H](O)[C@@H](N)C(=O)O)N2)c1. The van der Waals surface area contributed by atoms with E-state index in [4.69, 9.17) is 10.8 Å². The molecule has 6 N–H and O–H groups in total. The van der Waals surface area contributed by atoms with Gasteiger partial charge in [-0.15, -0.1) is 0 Å². The number of hydrogen-bond acceptors (Lipinski definition) is 5. The number of aliphatic carboxylic acids is 2. The minimum absolute atomic E-state index is 0.100. The summed E-state index contributed by atoms with van der Waals surface area (Å²) in [6, 6.07) is 5.65. The highest BCUT2D eigenvalue weighted by atomic mass is 16.4. The van der Waals surface area contributed by atoms with Crippen LogP contribution in [-0.4, -0.2) is 44.9 Å². The summed E-state index contributed by atoms with van der Waals surface area (Å²) in [6.07, 6.45) is -1.15. The Labute approximate surface area is 127 Å². The van der Waals surface area contributed by atoms with Crippen LogP contribution in [0.2, 0.25) is 0 Å². The van der Waals surface area contributed by atoms with E-state index in [1.807, 2.05) is 31.2 Å². The van der Waals surface area contributed by atoms with E-state index in [0.717, 1.165) is 11.1 Å². The average Bonchev–Trinajstić information content (AvgIpc) is 2.92. The van der Waals surface area contributed by atoms with Crippen molar-refractivity contribution < 1.29 is 24.9 Å². The van der Waals surface area contributed by atoms with Crippen molar-refractivity contribution in [2.45, 2.75) is 43.5 Å². The highest BCUT2D eigenvalue weighted by Gasteiger charge is 2.54. The first-order valence-corrected chi connectivity index (χ1v) is 7.02. The molecule has 0 amide bonds. The second-order valence-electron chi connectivity index (χ2n) is 5.74. The predicted octanol–water partition coefficient (Wildman–Crippen LogP) is 0.0157. The Morgan fingerprint density at radius 3 is 2.64 bits per heavy atom. The molecule has 7 heteroatoms. The molecule has 0 bridgehead atoms. The Morgan fingerprint density at radius 1 is 1.41 bits per heavy atom. The zero-order valence-corrected chi connectivity index (χ0v) is 12.2. The number of carboxylic acids is 2. The molecule has 1 aliphatic rings. The summed E-state index contributed by atoms with van der Waals surface area (Å²) in [5.41, 5.74) is 5.60. The summed E-state index contributed by atoms with van der Waals surface area (Å²) < 4.78 is 0. The Hall–Kier alpha value is -1.96. The zero-order valence-electron chi connectivity index (χ0n) is 12.2. The number of nitrogens with one attached hydrogen (secondary N) is 1. The van der Waals surface area contributed by atoms with Gasteiger partial charge in [0.15, 0.2) is 0 Å². The molecule has 0 saturated carbocycles. The molecule has 1 fully saturated rings. The van der Waals surface area contributed by atoms with Crippen LogP contribution in [0.3, 0.4) is 0 Å². The minimum atomic E-state index is -1.76. The first-order chi connectivity index (χ1) is 10.3. The predicted molar refractivity (Wildman–Crippen MR) is 78.3 cm³/mol. The average molecular weight is 308 g/mol. The van der Waals surface area contributed by atoms with Gasteiger partial charge in [-0.3, -0.25) is 14.9 Å². The number of aliphatic hydroxyl groups is 1. The molecular weight excluding hydrogens is 288 g/mol. The first kappa shape index (κ1) is 16.4. The summed E-state index contributed by atoms with van der Waals surface area (Å²) in [4.78, 5) is 22.6. The molecule has 1 aromatic rings. The normalized spacial score (nSPS) is 27.3. The number of rotatable bonds is 5. The highest BCUT2D eigenvalue weighted by Crippen LogP contribution is 2.36. The van der Waals surface area contributed by atoms with Crippen molar-refractivity contribution in [1.29, 1.82) is 0 Å². The third kappa shape index (κ3) is 2.83. The van der Waals surface area contributed by atoms with Gasteiger partial charge >= 0.3 is 11.9 Å². The van der Waals surface area contributed by atoms with Crippen LogP contribution in [0.1, 0.15) is 30.0 Å². The Kier molecular flexibility index (Phi) is 4.50. The smallest absolute Gasteiger partial charge is 0.326 e. The number of nitrogens with two attached hydrogens (primary N) is 1. The maximum atomic E-state index is 11.7. The molecule has 2 rings (SSSR count). The van der Waals surface area contributed by atoms with Crippen LogP contribution in [0.5, 0.6) is 0 Å². The third-order valence-electron chi connectivity index (χ3n) is 4.22. The van der Waals surface area contributed by atoms with Gasteiger partial charge in [-0.1, -0.05) is 29.8 Å². The lowest BCUT2D eigenvalue weighted by Gasteiger charge is -2.33. The van der Waals surface area contributed by atoms with E-state index < -0.39 is 29.6 Å². The second kappa shape index (κ2) is 6.04. The molecule has 1 heterocycles. The number of benzene rings is 1. The summed E-state index contributed by atoms with van der Waals surface area (Å²) in [7, 11) is 0. The van der Waals surface area contributed by atoms with E-state index in [1.165, 1.54) is 0 Å². The van der Waals surface area contributed by atoms with Crippen molar-refractivity contribution in [2.75, 3.05) is 0 Å². The monoisotopic (exact) mass is 308 g/mol. The lowest BCUT2D eigenvalue weighted by Crippen LogP contribution is -2.64. The molecule has 120 valence electrons. The largest absolute Gasteiger partial charge is 0.480 e. The van der Waals surface area contributed by atoms with Crippen molar-refractivity contribution in [1.82, 2.24) is 5.32 Å². The fraction of sp³-hybridized carbons (Fsp3) is 0.467.